The molecule has 0 aliphatic carbocycles. The van der Waals surface area contributed by atoms with Gasteiger partial charge in [0.15, 0.2) is 6.29 Å². The van der Waals surface area contributed by atoms with E-state index in [0.29, 0.717) is 0 Å². The van der Waals surface area contributed by atoms with E-state index in [-0.39, 0.29) is 49.1 Å². The van der Waals surface area contributed by atoms with Crippen LogP contribution >= 0.6 is 0 Å². The molecule has 0 atom stereocenters. The van der Waals surface area contributed by atoms with E-state index < -0.39 is 11.4 Å². The second-order valence-electron chi connectivity index (χ2n) is 6.16. The molecule has 0 saturated carbocycles. The van der Waals surface area contributed by atoms with Gasteiger partial charge in [-0.25, -0.2) is 0 Å². The molecule has 1 aliphatic rings. The van der Waals surface area contributed by atoms with Crippen molar-refractivity contribution in [2.75, 3.05) is 13.2 Å². The van der Waals surface area contributed by atoms with Crippen molar-refractivity contribution >= 4 is 5.97 Å². The van der Waals surface area contributed by atoms with Gasteiger partial charge in [-0.05, 0) is 19.8 Å². The summed E-state index contributed by atoms with van der Waals surface area (Å²) in [7, 11) is 0. The van der Waals surface area contributed by atoms with E-state index in [4.69, 9.17) is 9.47 Å². The Kier molecular flexibility index (Phi) is 12.1. The standard InChI is InChI=1S/C16H30O4.Na/c1-3-4-5-6-7-8-9-10-11-14-19-12-16(2,13-20-14)15(17)18;/h14H,3-13H2,1-2H3,(H,17,18);/q;+1/p-1. The second-order valence-corrected chi connectivity index (χ2v) is 6.16. The Morgan fingerprint density at radius 3 is 2.00 bits per heavy atom. The molecule has 1 saturated heterocycles. The maximum absolute atomic E-state index is 10.9. The first-order valence-corrected chi connectivity index (χ1v) is 8.03. The molecule has 4 nitrogen and oxygen atoms in total. The normalized spacial score (nSPS) is 25.3. The number of carboxylic acid groups (broad SMARTS) is 1. The number of carbonyl (C=O) groups is 1. The van der Waals surface area contributed by atoms with Gasteiger partial charge in [0, 0.05) is 0 Å². The van der Waals surface area contributed by atoms with Crippen LogP contribution in [0.5, 0.6) is 0 Å². The number of unbranched alkanes of at least 4 members (excludes halogenated alkanes) is 7. The van der Waals surface area contributed by atoms with Crippen molar-refractivity contribution in [2.45, 2.75) is 77.9 Å². The predicted octanol–water partition coefficient (Wildman–Crippen LogP) is -0.350. The number of carbonyl (C=O) groups excluding carboxylic acids is 1. The molecule has 0 N–H and O–H groups in total. The Bertz CT molecular complexity index is 275. The smallest absolute Gasteiger partial charge is 0.549 e. The maximum atomic E-state index is 10.9. The quantitative estimate of drug-likeness (QED) is 0.409. The molecule has 0 radical (unpaired) electrons. The Hall–Kier alpha value is 0.390. The molecule has 1 aliphatic heterocycles. The minimum Gasteiger partial charge on any atom is -0.549 e. The summed E-state index contributed by atoms with van der Waals surface area (Å²) >= 11 is 0. The van der Waals surface area contributed by atoms with Gasteiger partial charge in [0.05, 0.1) is 24.6 Å². The second kappa shape index (κ2) is 11.9. The molecule has 1 fully saturated rings. The van der Waals surface area contributed by atoms with Gasteiger partial charge in [0.25, 0.3) is 0 Å². The monoisotopic (exact) mass is 308 g/mol. The molecule has 0 amide bonds. The zero-order valence-electron chi connectivity index (χ0n) is 14.0. The third-order valence-electron chi connectivity index (χ3n) is 3.96. The fraction of sp³-hybridized carbons (Fsp3) is 0.938. The minimum absolute atomic E-state index is 0. The van der Waals surface area contributed by atoms with Crippen LogP contribution in [0, 0.1) is 5.41 Å². The van der Waals surface area contributed by atoms with Gasteiger partial charge in [0.2, 0.25) is 0 Å². The summed E-state index contributed by atoms with van der Waals surface area (Å²) < 4.78 is 10.9. The van der Waals surface area contributed by atoms with Crippen molar-refractivity contribution in [3.05, 3.63) is 0 Å². The molecule has 1 heterocycles. The van der Waals surface area contributed by atoms with Crippen molar-refractivity contribution in [1.82, 2.24) is 0 Å². The van der Waals surface area contributed by atoms with Crippen LogP contribution in [0.4, 0.5) is 0 Å². The first kappa shape index (κ1) is 21.4. The summed E-state index contributed by atoms with van der Waals surface area (Å²) in [5, 5.41) is 10.9. The van der Waals surface area contributed by atoms with Gasteiger partial charge in [-0.3, -0.25) is 0 Å². The minimum atomic E-state index is -1.09. The first-order chi connectivity index (χ1) is 9.58. The number of hydrogen-bond donors (Lipinski definition) is 0. The molecular formula is C16H29NaO4. The van der Waals surface area contributed by atoms with Gasteiger partial charge in [-0.15, -0.1) is 0 Å². The third-order valence-corrected chi connectivity index (χ3v) is 3.96. The number of carboxylic acids is 1. The Balaban J connectivity index is 0.00000400. The van der Waals surface area contributed by atoms with E-state index in [9.17, 15) is 9.90 Å². The molecule has 1 rings (SSSR count). The summed E-state index contributed by atoms with van der Waals surface area (Å²) in [6.45, 7) is 4.22. The third kappa shape index (κ3) is 8.56. The van der Waals surface area contributed by atoms with Gasteiger partial charge in [0.1, 0.15) is 0 Å². The molecule has 21 heavy (non-hydrogen) atoms. The summed E-state index contributed by atoms with van der Waals surface area (Å²) in [5.74, 6) is -1.09. The molecule has 0 aromatic carbocycles. The van der Waals surface area contributed by atoms with Gasteiger partial charge in [-0.2, -0.15) is 0 Å². The Morgan fingerprint density at radius 1 is 1.05 bits per heavy atom. The van der Waals surface area contributed by atoms with Crippen LogP contribution in [0.25, 0.3) is 0 Å². The Labute approximate surface area is 151 Å². The van der Waals surface area contributed by atoms with E-state index in [0.717, 1.165) is 12.8 Å². The van der Waals surface area contributed by atoms with Crippen LogP contribution < -0.4 is 34.7 Å². The topological polar surface area (TPSA) is 58.6 Å². The van der Waals surface area contributed by atoms with Crippen molar-refractivity contribution < 1.29 is 48.9 Å². The fourth-order valence-corrected chi connectivity index (χ4v) is 2.37. The SMILES string of the molecule is CCCCCCCCCCC1OCC(C)(C(=O)[O-])CO1.[Na+]. The van der Waals surface area contributed by atoms with Crippen molar-refractivity contribution in [2.24, 2.45) is 5.41 Å². The van der Waals surface area contributed by atoms with Gasteiger partial charge >= 0.3 is 29.6 Å². The number of aliphatic carboxylic acids is 1. The summed E-state index contributed by atoms with van der Waals surface area (Å²) in [5.41, 5.74) is -0.990. The predicted molar refractivity (Wildman–Crippen MR) is 76.0 cm³/mol. The molecule has 0 bridgehead atoms. The molecule has 0 unspecified atom stereocenters. The average Bonchev–Trinajstić information content (AvgIpc) is 2.44. The van der Waals surface area contributed by atoms with E-state index in [1.165, 1.54) is 44.9 Å². The number of hydrogen-bond acceptors (Lipinski definition) is 4. The van der Waals surface area contributed by atoms with E-state index >= 15 is 0 Å². The zero-order valence-corrected chi connectivity index (χ0v) is 16.0. The van der Waals surface area contributed by atoms with Crippen LogP contribution in [0.2, 0.25) is 0 Å². The van der Waals surface area contributed by atoms with Crippen LogP contribution in [0.3, 0.4) is 0 Å². The van der Waals surface area contributed by atoms with Crippen LogP contribution in [0.15, 0.2) is 0 Å². The molecular weight excluding hydrogens is 279 g/mol. The molecule has 0 aromatic rings. The van der Waals surface area contributed by atoms with Gasteiger partial charge in [-0.1, -0.05) is 51.9 Å². The zero-order chi connectivity index (χ0) is 14.8. The van der Waals surface area contributed by atoms with Gasteiger partial charge < -0.3 is 19.4 Å². The summed E-state index contributed by atoms with van der Waals surface area (Å²) in [4.78, 5) is 10.9. The summed E-state index contributed by atoms with van der Waals surface area (Å²) in [6, 6.07) is 0. The fourth-order valence-electron chi connectivity index (χ4n) is 2.37. The van der Waals surface area contributed by atoms with E-state index in [1.807, 2.05) is 0 Å². The van der Waals surface area contributed by atoms with Crippen LogP contribution in [-0.2, 0) is 14.3 Å². The Morgan fingerprint density at radius 2 is 1.52 bits per heavy atom. The molecule has 118 valence electrons. The van der Waals surface area contributed by atoms with Crippen molar-refractivity contribution in [3.63, 3.8) is 0 Å². The van der Waals surface area contributed by atoms with Crippen molar-refractivity contribution in [1.29, 1.82) is 0 Å². The van der Waals surface area contributed by atoms with E-state index in [1.54, 1.807) is 6.92 Å². The first-order valence-electron chi connectivity index (χ1n) is 8.03. The number of rotatable bonds is 10. The van der Waals surface area contributed by atoms with Crippen molar-refractivity contribution in [3.8, 4) is 0 Å². The van der Waals surface area contributed by atoms with Crippen LogP contribution in [0.1, 0.15) is 71.6 Å². The van der Waals surface area contributed by atoms with E-state index in [2.05, 4.69) is 6.92 Å². The number of ether oxygens (including phenoxy) is 2. The summed E-state index contributed by atoms with van der Waals surface area (Å²) in [6.07, 6.45) is 10.8. The molecule has 0 aromatic heterocycles. The largest absolute Gasteiger partial charge is 1.00 e. The molecule has 5 heteroatoms. The average molecular weight is 308 g/mol. The maximum Gasteiger partial charge on any atom is 1.00 e. The molecule has 0 spiro atoms. The van der Waals surface area contributed by atoms with Crippen LogP contribution in [-0.4, -0.2) is 25.5 Å².